The molecule has 1 rings (SSSR count). The lowest BCUT2D eigenvalue weighted by atomic mass is 10.3. The number of hydrogen-bond donors (Lipinski definition) is 4. The van der Waals surface area contributed by atoms with Crippen LogP contribution < -0.4 is 10.5 Å². The van der Waals surface area contributed by atoms with E-state index < -0.39 is 16.0 Å². The van der Waals surface area contributed by atoms with E-state index in [1.54, 1.807) is 0 Å². The van der Waals surface area contributed by atoms with Gasteiger partial charge in [-0.25, -0.2) is 13.1 Å². The van der Waals surface area contributed by atoms with Crippen LogP contribution in [0.25, 0.3) is 0 Å². The molecule has 0 unspecified atom stereocenters. The Morgan fingerprint density at radius 3 is 2.17 bits per heavy atom. The fourth-order valence-electron chi connectivity index (χ4n) is 0.910. The largest absolute Gasteiger partial charge is 0.481 e. The molecule has 5 N–H and O–H groups in total. The molecule has 0 saturated heterocycles. The van der Waals surface area contributed by atoms with Crippen LogP contribution in [0.4, 0.5) is 5.69 Å². The van der Waals surface area contributed by atoms with Crippen LogP contribution in [0.1, 0.15) is 6.92 Å². The van der Waals surface area contributed by atoms with E-state index >= 15 is 0 Å². The van der Waals surface area contributed by atoms with E-state index in [1.807, 2.05) is 0 Å². The van der Waals surface area contributed by atoms with Crippen molar-refractivity contribution in [2.75, 3.05) is 18.9 Å². The first-order valence-corrected chi connectivity index (χ1v) is 6.43. The Balaban J connectivity index is 0.000000631. The van der Waals surface area contributed by atoms with E-state index in [9.17, 15) is 8.42 Å². The number of carbonyl (C=O) groups is 1. The molecule has 0 fully saturated rings. The minimum Gasteiger partial charge on any atom is -0.481 e. The number of benzene rings is 1. The number of aliphatic hydroxyl groups is 1. The van der Waals surface area contributed by atoms with E-state index in [0.717, 1.165) is 6.92 Å². The van der Waals surface area contributed by atoms with Crippen molar-refractivity contribution in [2.24, 2.45) is 0 Å². The molecular weight excluding hydrogens is 260 g/mol. The second-order valence-electron chi connectivity index (χ2n) is 3.21. The number of nitrogen functional groups attached to an aromatic ring is 1. The number of aliphatic hydroxyl groups excluding tert-OH is 1. The molecule has 1 aromatic carbocycles. The Morgan fingerprint density at radius 1 is 1.33 bits per heavy atom. The molecule has 0 amide bonds. The Labute approximate surface area is 105 Å². The molecule has 0 aliphatic rings. The fraction of sp³-hybridized carbons (Fsp3) is 0.300. The summed E-state index contributed by atoms with van der Waals surface area (Å²) < 4.78 is 25.1. The van der Waals surface area contributed by atoms with Crippen molar-refractivity contribution in [1.29, 1.82) is 0 Å². The van der Waals surface area contributed by atoms with Gasteiger partial charge in [0.25, 0.3) is 5.97 Å². The molecule has 18 heavy (non-hydrogen) atoms. The lowest BCUT2D eigenvalue weighted by Gasteiger charge is -2.04. The van der Waals surface area contributed by atoms with Gasteiger partial charge in [-0.2, -0.15) is 0 Å². The zero-order chi connectivity index (χ0) is 14.2. The number of anilines is 1. The van der Waals surface area contributed by atoms with Gasteiger partial charge in [0, 0.05) is 19.2 Å². The van der Waals surface area contributed by atoms with Crippen molar-refractivity contribution in [2.45, 2.75) is 11.8 Å². The molecule has 7 nitrogen and oxygen atoms in total. The van der Waals surface area contributed by atoms with Gasteiger partial charge in [0.05, 0.1) is 11.5 Å². The van der Waals surface area contributed by atoms with Gasteiger partial charge in [-0.3, -0.25) is 4.79 Å². The maximum Gasteiger partial charge on any atom is 0.300 e. The molecule has 0 spiro atoms. The summed E-state index contributed by atoms with van der Waals surface area (Å²) in [4.78, 5) is 9.14. The second-order valence-corrected chi connectivity index (χ2v) is 4.98. The van der Waals surface area contributed by atoms with Crippen molar-refractivity contribution < 1.29 is 23.4 Å². The standard InChI is InChI=1S/C8H12N2O3S.C2H4O2/c9-7-1-3-8(4-2-7)14(12,13)10-5-6-11;1-2(3)4/h1-4,10-11H,5-6,9H2;1H3,(H,3,4). The fourth-order valence-corrected chi connectivity index (χ4v) is 1.93. The molecular formula is C10H16N2O5S. The van der Waals surface area contributed by atoms with Crippen LogP contribution in [0.3, 0.4) is 0 Å². The summed E-state index contributed by atoms with van der Waals surface area (Å²) in [5.41, 5.74) is 5.92. The minimum absolute atomic E-state index is 0.00666. The first-order chi connectivity index (χ1) is 8.29. The van der Waals surface area contributed by atoms with Gasteiger partial charge >= 0.3 is 0 Å². The van der Waals surface area contributed by atoms with E-state index in [4.69, 9.17) is 20.7 Å². The van der Waals surface area contributed by atoms with Crippen LogP contribution in [-0.2, 0) is 14.8 Å². The van der Waals surface area contributed by atoms with Gasteiger partial charge in [-0.1, -0.05) is 0 Å². The average molecular weight is 276 g/mol. The first kappa shape index (κ1) is 16.4. The summed E-state index contributed by atoms with van der Waals surface area (Å²) in [5.74, 6) is -0.833. The van der Waals surface area contributed by atoms with Crippen LogP contribution in [0.5, 0.6) is 0 Å². The smallest absolute Gasteiger partial charge is 0.300 e. The van der Waals surface area contributed by atoms with E-state index in [-0.39, 0.29) is 18.0 Å². The Hall–Kier alpha value is -1.64. The minimum atomic E-state index is -3.50. The molecule has 0 aliphatic heterocycles. The first-order valence-electron chi connectivity index (χ1n) is 4.95. The SMILES string of the molecule is CC(=O)O.Nc1ccc(S(=O)(=O)NCCO)cc1. The quantitative estimate of drug-likeness (QED) is 0.555. The summed E-state index contributed by atoms with van der Waals surface area (Å²) in [6, 6.07) is 5.84. The summed E-state index contributed by atoms with van der Waals surface area (Å²) in [7, 11) is -3.50. The van der Waals surface area contributed by atoms with Crippen molar-refractivity contribution in [3.63, 3.8) is 0 Å². The van der Waals surface area contributed by atoms with E-state index in [1.165, 1.54) is 24.3 Å². The number of rotatable bonds is 4. The number of sulfonamides is 1. The third-order valence-electron chi connectivity index (χ3n) is 1.59. The van der Waals surface area contributed by atoms with Crippen LogP contribution in [0, 0.1) is 0 Å². The van der Waals surface area contributed by atoms with Gasteiger partial charge in [0.2, 0.25) is 10.0 Å². The number of carboxylic acids is 1. The Bertz CT molecular complexity index is 466. The van der Waals surface area contributed by atoms with E-state index in [0.29, 0.717) is 5.69 Å². The highest BCUT2D eigenvalue weighted by Crippen LogP contribution is 2.10. The van der Waals surface area contributed by atoms with Crippen molar-refractivity contribution in [1.82, 2.24) is 4.72 Å². The lowest BCUT2D eigenvalue weighted by Crippen LogP contribution is -2.26. The number of aliphatic carboxylic acids is 1. The van der Waals surface area contributed by atoms with Crippen LogP contribution in [-0.4, -0.2) is 37.8 Å². The zero-order valence-corrected chi connectivity index (χ0v) is 10.6. The van der Waals surface area contributed by atoms with Crippen molar-refractivity contribution >= 4 is 21.7 Å². The molecule has 0 bridgehead atoms. The maximum absolute atomic E-state index is 11.4. The van der Waals surface area contributed by atoms with Crippen LogP contribution in [0.15, 0.2) is 29.2 Å². The summed E-state index contributed by atoms with van der Waals surface area (Å²) in [6.07, 6.45) is 0. The van der Waals surface area contributed by atoms with Crippen LogP contribution in [0.2, 0.25) is 0 Å². The van der Waals surface area contributed by atoms with Crippen LogP contribution >= 0.6 is 0 Å². The van der Waals surface area contributed by atoms with E-state index in [2.05, 4.69) is 4.72 Å². The van der Waals surface area contributed by atoms with Crippen molar-refractivity contribution in [3.05, 3.63) is 24.3 Å². The number of nitrogens with one attached hydrogen (secondary N) is 1. The normalized spacial score (nSPS) is 10.3. The lowest BCUT2D eigenvalue weighted by molar-refractivity contribution is -0.134. The highest BCUT2D eigenvalue weighted by atomic mass is 32.2. The van der Waals surface area contributed by atoms with Crippen molar-refractivity contribution in [3.8, 4) is 0 Å². The van der Waals surface area contributed by atoms with Gasteiger partial charge < -0.3 is 15.9 Å². The molecule has 102 valence electrons. The Kier molecular flexibility index (Phi) is 6.94. The van der Waals surface area contributed by atoms with Gasteiger partial charge in [-0.15, -0.1) is 0 Å². The highest BCUT2D eigenvalue weighted by molar-refractivity contribution is 7.89. The molecule has 0 saturated carbocycles. The molecule has 0 heterocycles. The molecule has 0 radical (unpaired) electrons. The number of carboxylic acid groups (broad SMARTS) is 1. The second kappa shape index (κ2) is 7.64. The molecule has 8 heteroatoms. The summed E-state index contributed by atoms with van der Waals surface area (Å²) >= 11 is 0. The van der Waals surface area contributed by atoms with Gasteiger partial charge in [-0.05, 0) is 24.3 Å². The number of nitrogens with two attached hydrogens (primary N) is 1. The monoisotopic (exact) mass is 276 g/mol. The molecule has 1 aromatic rings. The summed E-state index contributed by atoms with van der Waals surface area (Å²) in [6.45, 7) is 0.862. The topological polar surface area (TPSA) is 130 Å². The average Bonchev–Trinajstić information content (AvgIpc) is 2.26. The molecule has 0 aromatic heterocycles. The third-order valence-corrected chi connectivity index (χ3v) is 3.07. The highest BCUT2D eigenvalue weighted by Gasteiger charge is 2.11. The number of hydrogen-bond acceptors (Lipinski definition) is 5. The maximum atomic E-state index is 11.4. The molecule has 0 aliphatic carbocycles. The predicted molar refractivity (Wildman–Crippen MR) is 66.4 cm³/mol. The predicted octanol–water partition coefficient (Wildman–Crippen LogP) is -0.370. The van der Waals surface area contributed by atoms with Gasteiger partial charge in [0.15, 0.2) is 0 Å². The molecule has 0 atom stereocenters. The zero-order valence-electron chi connectivity index (χ0n) is 9.83. The Morgan fingerprint density at radius 2 is 1.78 bits per heavy atom. The van der Waals surface area contributed by atoms with Gasteiger partial charge in [0.1, 0.15) is 0 Å². The summed E-state index contributed by atoms with van der Waals surface area (Å²) in [5, 5.41) is 15.9. The third kappa shape index (κ3) is 6.84.